The van der Waals surface area contributed by atoms with E-state index < -0.39 is 93.8 Å². The van der Waals surface area contributed by atoms with Gasteiger partial charge in [-0.3, -0.25) is 23.7 Å². The number of halogens is 2. The summed E-state index contributed by atoms with van der Waals surface area (Å²) in [5.74, 6) is -5.49. The second-order valence-corrected chi connectivity index (χ2v) is 12.8. The predicted molar refractivity (Wildman–Crippen MR) is 126 cm³/mol. The molecular weight excluding hydrogens is 546 g/mol. The highest BCUT2D eigenvalue weighted by Gasteiger charge is 2.70. The van der Waals surface area contributed by atoms with Gasteiger partial charge in [-0.1, -0.05) is 20.3 Å². The van der Waals surface area contributed by atoms with Gasteiger partial charge in [-0.05, 0) is 44.9 Å². The lowest BCUT2D eigenvalue weighted by atomic mass is 9.75. The smallest absolute Gasteiger partial charge is 0.405 e. The Morgan fingerprint density at radius 2 is 1.69 bits per heavy atom. The lowest BCUT2D eigenvalue weighted by Gasteiger charge is -2.42. The van der Waals surface area contributed by atoms with E-state index in [1.165, 1.54) is 0 Å². The average Bonchev–Trinajstić information content (AvgIpc) is 3.46. The Balaban J connectivity index is 1.38. The number of carbonyl (C=O) groups excluding carboxylic acids is 4. The molecule has 1 aliphatic heterocycles. The molecule has 0 amide bonds. The molecule has 4 rings (SSSR count). The predicted octanol–water partition coefficient (Wildman–Crippen LogP) is 2.80. The highest BCUT2D eigenvalue weighted by molar-refractivity contribution is 7.86. The van der Waals surface area contributed by atoms with Crippen LogP contribution < -0.4 is 0 Å². The normalized spacial score (nSPS) is 32.0. The Kier molecular flexibility index (Phi) is 8.03. The summed E-state index contributed by atoms with van der Waals surface area (Å²) in [6, 6.07) is 0. The number of rotatable bonds is 10. The van der Waals surface area contributed by atoms with Crippen molar-refractivity contribution in [2.75, 3.05) is 0 Å². The zero-order valence-corrected chi connectivity index (χ0v) is 22.8. The van der Waals surface area contributed by atoms with E-state index in [9.17, 15) is 36.4 Å². The number of alkyl halides is 2. The molecule has 39 heavy (non-hydrogen) atoms. The van der Waals surface area contributed by atoms with Crippen LogP contribution in [-0.2, 0) is 48.2 Å². The van der Waals surface area contributed by atoms with Crippen molar-refractivity contribution in [1.29, 1.82) is 0 Å². The number of fused-ring (bicyclic) bond motifs is 1. The van der Waals surface area contributed by atoms with Gasteiger partial charge in [0, 0.05) is 11.8 Å². The van der Waals surface area contributed by atoms with Crippen LogP contribution in [0.2, 0.25) is 0 Å². The highest BCUT2D eigenvalue weighted by atomic mass is 32.2. The van der Waals surface area contributed by atoms with E-state index >= 15 is 0 Å². The van der Waals surface area contributed by atoms with Gasteiger partial charge in [-0.15, -0.1) is 0 Å². The van der Waals surface area contributed by atoms with Gasteiger partial charge in [0.15, 0.2) is 6.10 Å². The molecule has 0 aromatic rings. The van der Waals surface area contributed by atoms with E-state index in [0.29, 0.717) is 13.3 Å². The molecule has 3 aliphatic carbocycles. The van der Waals surface area contributed by atoms with E-state index in [-0.39, 0.29) is 11.8 Å². The zero-order chi connectivity index (χ0) is 28.9. The maximum absolute atomic E-state index is 13.6. The van der Waals surface area contributed by atoms with Crippen LogP contribution in [0.25, 0.3) is 0 Å². The minimum atomic E-state index is -5.82. The van der Waals surface area contributed by atoms with Crippen LogP contribution in [0.1, 0.15) is 72.1 Å². The average molecular weight is 581 g/mol. The first kappa shape index (κ1) is 29.6. The summed E-state index contributed by atoms with van der Waals surface area (Å²) in [6.07, 6.45) is -0.625. The number of hydrogen-bond donors (Lipinski definition) is 1. The van der Waals surface area contributed by atoms with Crippen molar-refractivity contribution in [3.05, 3.63) is 0 Å². The largest absolute Gasteiger partial charge is 0.459 e. The SMILES string of the molecule is CC(C)C1(OC(=O)C2C3CC4C(OC(=O)C42)C3OC(=O)CCC(=O)OC(C)C(F)(F)S(=O)(=O)O)CCCCC1. The van der Waals surface area contributed by atoms with Crippen molar-refractivity contribution >= 4 is 34.0 Å². The Morgan fingerprint density at radius 1 is 1.08 bits per heavy atom. The second-order valence-electron chi connectivity index (χ2n) is 11.3. The van der Waals surface area contributed by atoms with Crippen LogP contribution in [0.15, 0.2) is 0 Å². The van der Waals surface area contributed by atoms with Crippen molar-refractivity contribution in [2.45, 2.75) is 101 Å². The number of carbonyl (C=O) groups is 4. The number of ether oxygens (including phenoxy) is 4. The summed E-state index contributed by atoms with van der Waals surface area (Å²) in [5.41, 5.74) is -0.616. The number of esters is 4. The third kappa shape index (κ3) is 5.38. The van der Waals surface area contributed by atoms with Gasteiger partial charge in [-0.2, -0.15) is 17.2 Å². The standard InChI is InChI=1S/C25H34F2O11S/c1-12(2)24(9-5-4-6-10-24)38-23(31)19-15-11-14-18(19)22(30)37-21(14)20(15)36-17(29)8-7-16(28)35-13(3)25(26,27)39(32,33)34/h12-15,18-21H,4-11H2,1-3H3,(H,32,33,34). The summed E-state index contributed by atoms with van der Waals surface area (Å²) in [6.45, 7) is 4.58. The van der Waals surface area contributed by atoms with Gasteiger partial charge in [0.05, 0.1) is 24.7 Å². The summed E-state index contributed by atoms with van der Waals surface area (Å²) in [4.78, 5) is 50.6. The molecule has 3 saturated carbocycles. The fraction of sp³-hybridized carbons (Fsp3) is 0.840. The molecule has 1 heterocycles. The molecular formula is C25H34F2O11S. The minimum absolute atomic E-state index is 0.0807. The maximum Gasteiger partial charge on any atom is 0.405 e. The van der Waals surface area contributed by atoms with E-state index in [2.05, 4.69) is 4.74 Å². The van der Waals surface area contributed by atoms with Crippen LogP contribution in [0.4, 0.5) is 8.78 Å². The van der Waals surface area contributed by atoms with Crippen LogP contribution in [-0.4, -0.2) is 66.0 Å². The van der Waals surface area contributed by atoms with Crippen LogP contribution in [0.5, 0.6) is 0 Å². The second kappa shape index (κ2) is 10.6. The fourth-order valence-electron chi connectivity index (χ4n) is 6.63. The Morgan fingerprint density at radius 3 is 2.28 bits per heavy atom. The summed E-state index contributed by atoms with van der Waals surface area (Å²) in [5, 5.41) is -4.73. The topological polar surface area (TPSA) is 160 Å². The molecule has 0 spiro atoms. The van der Waals surface area contributed by atoms with Crippen molar-refractivity contribution in [1.82, 2.24) is 0 Å². The first-order valence-electron chi connectivity index (χ1n) is 13.3. The van der Waals surface area contributed by atoms with E-state index in [4.69, 9.17) is 18.8 Å². The Bertz CT molecular complexity index is 1120. The molecule has 0 radical (unpaired) electrons. The lowest BCUT2D eigenvalue weighted by Crippen LogP contribution is -2.48. The molecule has 7 atom stereocenters. The molecule has 14 heteroatoms. The molecule has 2 bridgehead atoms. The minimum Gasteiger partial charge on any atom is -0.459 e. The van der Waals surface area contributed by atoms with Gasteiger partial charge >= 0.3 is 39.2 Å². The van der Waals surface area contributed by atoms with Crippen molar-refractivity contribution < 1.29 is 59.9 Å². The maximum atomic E-state index is 13.6. The molecule has 11 nitrogen and oxygen atoms in total. The lowest BCUT2D eigenvalue weighted by molar-refractivity contribution is -0.183. The highest BCUT2D eigenvalue weighted by Crippen LogP contribution is 2.59. The molecule has 220 valence electrons. The van der Waals surface area contributed by atoms with Crippen molar-refractivity contribution in [2.24, 2.45) is 29.6 Å². The molecule has 0 aromatic carbocycles. The summed E-state index contributed by atoms with van der Waals surface area (Å²) >= 11 is 0. The molecule has 4 fully saturated rings. The summed E-state index contributed by atoms with van der Waals surface area (Å²) < 4.78 is 78.8. The zero-order valence-electron chi connectivity index (χ0n) is 22.0. The van der Waals surface area contributed by atoms with Gasteiger partial charge in [-0.25, -0.2) is 0 Å². The number of hydrogen-bond acceptors (Lipinski definition) is 10. The van der Waals surface area contributed by atoms with Crippen LogP contribution in [0.3, 0.4) is 0 Å². The van der Waals surface area contributed by atoms with Crippen molar-refractivity contribution in [3.63, 3.8) is 0 Å². The molecule has 1 N–H and O–H groups in total. The van der Waals surface area contributed by atoms with Gasteiger partial charge in [0.25, 0.3) is 0 Å². The quantitative estimate of drug-likeness (QED) is 0.230. The van der Waals surface area contributed by atoms with E-state index in [0.717, 1.165) is 32.1 Å². The van der Waals surface area contributed by atoms with Gasteiger partial charge < -0.3 is 18.9 Å². The third-order valence-corrected chi connectivity index (χ3v) is 9.82. The molecule has 0 aromatic heterocycles. The third-order valence-electron chi connectivity index (χ3n) is 8.80. The molecule has 1 saturated heterocycles. The monoisotopic (exact) mass is 580 g/mol. The molecule has 7 unspecified atom stereocenters. The Labute approximate surface area is 225 Å². The van der Waals surface area contributed by atoms with E-state index in [1.807, 2.05) is 13.8 Å². The first-order valence-corrected chi connectivity index (χ1v) is 14.7. The first-order chi connectivity index (χ1) is 18.1. The Hall–Kier alpha value is -2.35. The molecule has 4 aliphatic rings. The van der Waals surface area contributed by atoms with Gasteiger partial charge in [0.2, 0.25) is 0 Å². The van der Waals surface area contributed by atoms with Crippen LogP contribution in [0, 0.1) is 29.6 Å². The fourth-order valence-corrected chi connectivity index (χ4v) is 7.10. The van der Waals surface area contributed by atoms with Crippen molar-refractivity contribution in [3.8, 4) is 0 Å². The van der Waals surface area contributed by atoms with E-state index in [1.54, 1.807) is 0 Å². The summed E-state index contributed by atoms with van der Waals surface area (Å²) in [7, 11) is -5.82. The van der Waals surface area contributed by atoms with Gasteiger partial charge in [0.1, 0.15) is 17.8 Å². The van der Waals surface area contributed by atoms with Crippen LogP contribution >= 0.6 is 0 Å².